The van der Waals surface area contributed by atoms with Gasteiger partial charge >= 0.3 is 0 Å². The van der Waals surface area contributed by atoms with Gasteiger partial charge in [-0.05, 0) is 12.8 Å². The van der Waals surface area contributed by atoms with Gasteiger partial charge in [-0.2, -0.15) is 5.26 Å². The lowest BCUT2D eigenvalue weighted by Crippen LogP contribution is -2.29. The third-order valence-corrected chi connectivity index (χ3v) is 2.04. The molecule has 2 nitrogen and oxygen atoms in total. The van der Waals surface area contributed by atoms with Crippen LogP contribution in [0, 0.1) is 11.3 Å². The van der Waals surface area contributed by atoms with Crippen LogP contribution in [0.1, 0.15) is 12.8 Å². The van der Waals surface area contributed by atoms with Gasteiger partial charge in [0.15, 0.2) is 0 Å². The Labute approximate surface area is 72.3 Å². The SMILES string of the molecule is N#CC1=CCN(CCCF)CC1. The minimum absolute atomic E-state index is 0.245. The van der Waals surface area contributed by atoms with Gasteiger partial charge in [-0.15, -0.1) is 0 Å². The van der Waals surface area contributed by atoms with Crippen molar-refractivity contribution in [3.8, 4) is 6.07 Å². The van der Waals surface area contributed by atoms with E-state index in [0.29, 0.717) is 6.42 Å². The molecule has 0 unspecified atom stereocenters. The average molecular weight is 168 g/mol. The highest BCUT2D eigenvalue weighted by molar-refractivity contribution is 5.22. The Kier molecular flexibility index (Phi) is 3.75. The second-order valence-corrected chi connectivity index (χ2v) is 2.93. The van der Waals surface area contributed by atoms with Crippen LogP contribution in [0.15, 0.2) is 11.6 Å². The molecular formula is C9H13FN2. The number of nitriles is 1. The molecule has 1 heterocycles. The van der Waals surface area contributed by atoms with Crippen LogP contribution in [-0.4, -0.2) is 31.2 Å². The summed E-state index contributed by atoms with van der Waals surface area (Å²) in [4.78, 5) is 2.17. The van der Waals surface area contributed by atoms with E-state index < -0.39 is 0 Å². The van der Waals surface area contributed by atoms with E-state index >= 15 is 0 Å². The van der Waals surface area contributed by atoms with E-state index in [2.05, 4.69) is 11.0 Å². The van der Waals surface area contributed by atoms with Crippen LogP contribution in [-0.2, 0) is 0 Å². The summed E-state index contributed by atoms with van der Waals surface area (Å²) in [5.41, 5.74) is 0.867. The first-order valence-electron chi connectivity index (χ1n) is 4.24. The largest absolute Gasteiger partial charge is 0.299 e. The van der Waals surface area contributed by atoms with Crippen LogP contribution in [0.25, 0.3) is 0 Å². The number of hydrogen-bond acceptors (Lipinski definition) is 2. The Morgan fingerprint density at radius 2 is 2.50 bits per heavy atom. The highest BCUT2D eigenvalue weighted by atomic mass is 19.1. The molecule has 0 bridgehead atoms. The fourth-order valence-corrected chi connectivity index (χ4v) is 1.30. The van der Waals surface area contributed by atoms with Gasteiger partial charge in [-0.1, -0.05) is 6.08 Å². The van der Waals surface area contributed by atoms with Crippen molar-refractivity contribution in [1.82, 2.24) is 4.90 Å². The van der Waals surface area contributed by atoms with Gasteiger partial charge in [0.1, 0.15) is 0 Å². The van der Waals surface area contributed by atoms with Gasteiger partial charge in [0, 0.05) is 25.2 Å². The average Bonchev–Trinajstić information content (AvgIpc) is 2.15. The molecule has 0 aromatic heterocycles. The molecule has 1 aliphatic heterocycles. The first-order chi connectivity index (χ1) is 5.86. The third-order valence-electron chi connectivity index (χ3n) is 2.04. The third kappa shape index (κ3) is 2.63. The maximum Gasteiger partial charge on any atom is 0.0944 e. The summed E-state index contributed by atoms with van der Waals surface area (Å²) in [6, 6.07) is 2.14. The Bertz CT molecular complexity index is 205. The number of halogens is 1. The topological polar surface area (TPSA) is 27.0 Å². The number of nitrogens with zero attached hydrogens (tertiary/aromatic N) is 2. The van der Waals surface area contributed by atoms with Gasteiger partial charge in [-0.25, -0.2) is 0 Å². The van der Waals surface area contributed by atoms with E-state index in [1.54, 1.807) is 0 Å². The van der Waals surface area contributed by atoms with Crippen molar-refractivity contribution >= 4 is 0 Å². The maximum absolute atomic E-state index is 11.8. The zero-order valence-corrected chi connectivity index (χ0v) is 7.09. The van der Waals surface area contributed by atoms with E-state index in [1.807, 2.05) is 6.08 Å². The van der Waals surface area contributed by atoms with Crippen molar-refractivity contribution in [3.63, 3.8) is 0 Å². The smallest absolute Gasteiger partial charge is 0.0944 e. The Balaban J connectivity index is 2.27. The molecular weight excluding hydrogens is 155 g/mol. The van der Waals surface area contributed by atoms with E-state index in [-0.39, 0.29) is 6.67 Å². The normalized spacial score (nSPS) is 18.5. The number of rotatable bonds is 3. The fourth-order valence-electron chi connectivity index (χ4n) is 1.30. The quantitative estimate of drug-likeness (QED) is 0.638. The summed E-state index contributed by atoms with van der Waals surface area (Å²) in [5, 5.41) is 8.56. The van der Waals surface area contributed by atoms with Crippen LogP contribution >= 0.6 is 0 Å². The summed E-state index contributed by atoms with van der Waals surface area (Å²) in [7, 11) is 0. The monoisotopic (exact) mass is 168 g/mol. The van der Waals surface area contributed by atoms with Crippen molar-refractivity contribution in [2.75, 3.05) is 26.3 Å². The van der Waals surface area contributed by atoms with Crippen molar-refractivity contribution < 1.29 is 4.39 Å². The lowest BCUT2D eigenvalue weighted by Gasteiger charge is -2.23. The summed E-state index contributed by atoms with van der Waals surface area (Å²) in [6.07, 6.45) is 3.36. The minimum Gasteiger partial charge on any atom is -0.299 e. The Morgan fingerprint density at radius 1 is 1.67 bits per heavy atom. The summed E-state index contributed by atoms with van der Waals surface area (Å²) >= 11 is 0. The maximum atomic E-state index is 11.8. The van der Waals surface area contributed by atoms with Crippen LogP contribution in [0.4, 0.5) is 4.39 Å². The van der Waals surface area contributed by atoms with Crippen molar-refractivity contribution in [2.24, 2.45) is 0 Å². The molecule has 0 fully saturated rings. The fraction of sp³-hybridized carbons (Fsp3) is 0.667. The minimum atomic E-state index is -0.245. The first-order valence-corrected chi connectivity index (χ1v) is 4.24. The molecule has 0 atom stereocenters. The number of alkyl halides is 1. The highest BCUT2D eigenvalue weighted by Crippen LogP contribution is 2.09. The molecule has 0 saturated heterocycles. The summed E-state index contributed by atoms with van der Waals surface area (Å²) in [5.74, 6) is 0. The van der Waals surface area contributed by atoms with Gasteiger partial charge in [0.05, 0.1) is 12.7 Å². The van der Waals surface area contributed by atoms with E-state index in [9.17, 15) is 4.39 Å². The predicted octanol–water partition coefficient (Wildman–Crippen LogP) is 1.50. The standard InChI is InChI=1S/C9H13FN2/c10-4-1-5-12-6-2-9(8-11)3-7-12/h2H,1,3-7H2. The van der Waals surface area contributed by atoms with Crippen LogP contribution in [0.2, 0.25) is 0 Å². The van der Waals surface area contributed by atoms with Crippen molar-refractivity contribution in [2.45, 2.75) is 12.8 Å². The molecule has 1 rings (SSSR count). The van der Waals surface area contributed by atoms with Gasteiger partial charge in [-0.3, -0.25) is 9.29 Å². The molecule has 0 aromatic carbocycles. The summed E-state index contributed by atoms with van der Waals surface area (Å²) < 4.78 is 11.8. The molecule has 0 N–H and O–H groups in total. The van der Waals surface area contributed by atoms with Crippen molar-refractivity contribution in [3.05, 3.63) is 11.6 Å². The zero-order valence-electron chi connectivity index (χ0n) is 7.09. The van der Waals surface area contributed by atoms with E-state index in [0.717, 1.165) is 31.6 Å². The molecule has 12 heavy (non-hydrogen) atoms. The highest BCUT2D eigenvalue weighted by Gasteiger charge is 2.09. The first kappa shape index (κ1) is 9.21. The predicted molar refractivity (Wildman–Crippen MR) is 45.3 cm³/mol. The molecule has 0 spiro atoms. The van der Waals surface area contributed by atoms with Crippen LogP contribution in [0.5, 0.6) is 0 Å². The van der Waals surface area contributed by atoms with E-state index in [1.165, 1.54) is 0 Å². The molecule has 3 heteroatoms. The van der Waals surface area contributed by atoms with E-state index in [4.69, 9.17) is 5.26 Å². The number of hydrogen-bond donors (Lipinski definition) is 0. The molecule has 0 aromatic rings. The van der Waals surface area contributed by atoms with Gasteiger partial charge in [0.2, 0.25) is 0 Å². The second kappa shape index (κ2) is 4.89. The molecule has 0 radical (unpaired) electrons. The second-order valence-electron chi connectivity index (χ2n) is 2.93. The molecule has 0 amide bonds. The zero-order chi connectivity index (χ0) is 8.81. The Morgan fingerprint density at radius 3 is 3.00 bits per heavy atom. The molecule has 0 aliphatic carbocycles. The van der Waals surface area contributed by atoms with Crippen LogP contribution in [0.3, 0.4) is 0 Å². The van der Waals surface area contributed by atoms with Crippen LogP contribution < -0.4 is 0 Å². The lowest BCUT2D eigenvalue weighted by molar-refractivity contribution is 0.278. The molecule has 0 saturated carbocycles. The summed E-state index contributed by atoms with van der Waals surface area (Å²) in [6.45, 7) is 2.28. The lowest BCUT2D eigenvalue weighted by atomic mass is 10.1. The van der Waals surface area contributed by atoms with Crippen molar-refractivity contribution in [1.29, 1.82) is 5.26 Å². The Hall–Kier alpha value is -0.880. The van der Waals surface area contributed by atoms with Gasteiger partial charge < -0.3 is 0 Å². The molecule has 1 aliphatic rings. The van der Waals surface area contributed by atoms with Gasteiger partial charge in [0.25, 0.3) is 0 Å². The molecule has 66 valence electrons.